The number of rotatable bonds is 6. The van der Waals surface area contributed by atoms with Gasteiger partial charge in [-0.15, -0.1) is 0 Å². The Morgan fingerprint density at radius 2 is 1.50 bits per heavy atom. The lowest BCUT2D eigenvalue weighted by Gasteiger charge is -2.31. The third kappa shape index (κ3) is 4.23. The van der Waals surface area contributed by atoms with Crippen molar-refractivity contribution < 1.29 is 4.52 Å². The fraction of sp³-hybridized carbons (Fsp3) is 0.348. The first kappa shape index (κ1) is 17.0. The molecular formula is C23H26N2O. The molecule has 1 fully saturated rings. The number of aryl methyl sites for hydroxylation is 2. The first-order valence-corrected chi connectivity index (χ1v) is 9.62. The van der Waals surface area contributed by atoms with E-state index in [1.54, 1.807) is 0 Å². The molecular weight excluding hydrogens is 320 g/mol. The molecule has 1 aromatic heterocycles. The predicted octanol–water partition coefficient (Wildman–Crippen LogP) is 4.84. The largest absolute Gasteiger partial charge is 0.364 e. The Kier molecular flexibility index (Phi) is 5.46. The van der Waals surface area contributed by atoms with E-state index in [-0.39, 0.29) is 0 Å². The van der Waals surface area contributed by atoms with Crippen molar-refractivity contribution in [1.82, 2.24) is 10.1 Å². The van der Waals surface area contributed by atoms with E-state index in [2.05, 4.69) is 70.7 Å². The van der Waals surface area contributed by atoms with Crippen LogP contribution in [0.4, 0.5) is 0 Å². The molecule has 0 saturated carbocycles. The van der Waals surface area contributed by atoms with Crippen molar-refractivity contribution in [2.24, 2.45) is 0 Å². The van der Waals surface area contributed by atoms with Crippen LogP contribution in [0.2, 0.25) is 0 Å². The maximum absolute atomic E-state index is 5.35. The van der Waals surface area contributed by atoms with Crippen LogP contribution in [0, 0.1) is 0 Å². The van der Waals surface area contributed by atoms with Gasteiger partial charge < -0.3 is 4.52 Å². The van der Waals surface area contributed by atoms with E-state index >= 15 is 0 Å². The van der Waals surface area contributed by atoms with Crippen LogP contribution in [0.3, 0.4) is 0 Å². The average molecular weight is 346 g/mol. The molecule has 0 aliphatic carbocycles. The van der Waals surface area contributed by atoms with Crippen LogP contribution in [0.15, 0.2) is 71.4 Å². The molecule has 0 spiro atoms. The summed E-state index contributed by atoms with van der Waals surface area (Å²) < 4.78 is 5.35. The monoisotopic (exact) mass is 346 g/mol. The van der Waals surface area contributed by atoms with Crippen molar-refractivity contribution in [3.8, 4) is 0 Å². The molecule has 2 aromatic carbocycles. The van der Waals surface area contributed by atoms with E-state index < -0.39 is 0 Å². The molecule has 0 N–H and O–H groups in total. The number of hydrogen-bond donors (Lipinski definition) is 0. The summed E-state index contributed by atoms with van der Waals surface area (Å²) in [5.41, 5.74) is 5.25. The molecule has 3 aromatic rings. The maximum Gasteiger partial charge on any atom is 0.127 e. The van der Waals surface area contributed by atoms with E-state index in [1.165, 1.54) is 22.4 Å². The van der Waals surface area contributed by atoms with E-state index in [1.807, 2.05) is 6.26 Å². The van der Waals surface area contributed by atoms with Gasteiger partial charge >= 0.3 is 0 Å². The average Bonchev–Trinajstić information content (AvgIpc) is 3.17. The SMILES string of the molecule is c1ccc(CCc2conc2C2CCN(Cc3ccccc3)CC2)cc1. The lowest BCUT2D eigenvalue weighted by atomic mass is 9.90. The predicted molar refractivity (Wildman–Crippen MR) is 104 cm³/mol. The molecule has 0 radical (unpaired) electrons. The zero-order valence-electron chi connectivity index (χ0n) is 15.2. The number of likely N-dealkylation sites (tertiary alicyclic amines) is 1. The normalized spacial score (nSPS) is 16.0. The van der Waals surface area contributed by atoms with Crippen molar-refractivity contribution in [3.63, 3.8) is 0 Å². The quantitative estimate of drug-likeness (QED) is 0.639. The van der Waals surface area contributed by atoms with Gasteiger partial charge in [0.2, 0.25) is 0 Å². The standard InChI is InChI=1S/C23H26N2O/c1-3-7-19(8-4-1)11-12-22-18-26-24-23(22)21-13-15-25(16-14-21)17-20-9-5-2-6-10-20/h1-10,18,21H,11-17H2. The molecule has 1 aliphatic rings. The van der Waals surface area contributed by atoms with E-state index in [4.69, 9.17) is 4.52 Å². The van der Waals surface area contributed by atoms with Crippen LogP contribution in [0.1, 0.15) is 41.1 Å². The first-order chi connectivity index (χ1) is 12.9. The van der Waals surface area contributed by atoms with Gasteiger partial charge in [0.15, 0.2) is 0 Å². The summed E-state index contributed by atoms with van der Waals surface area (Å²) >= 11 is 0. The van der Waals surface area contributed by atoms with Gasteiger partial charge in [-0.05, 0) is 49.9 Å². The highest BCUT2D eigenvalue weighted by molar-refractivity contribution is 5.23. The fourth-order valence-electron chi connectivity index (χ4n) is 3.92. The van der Waals surface area contributed by atoms with Crippen molar-refractivity contribution in [1.29, 1.82) is 0 Å². The molecule has 1 saturated heterocycles. The lowest BCUT2D eigenvalue weighted by molar-refractivity contribution is 0.201. The fourth-order valence-corrected chi connectivity index (χ4v) is 3.92. The number of nitrogens with zero attached hydrogens (tertiary/aromatic N) is 2. The summed E-state index contributed by atoms with van der Waals surface area (Å²) in [4.78, 5) is 2.55. The minimum atomic E-state index is 0.534. The molecule has 26 heavy (non-hydrogen) atoms. The van der Waals surface area contributed by atoms with Crippen molar-refractivity contribution >= 4 is 0 Å². The zero-order chi connectivity index (χ0) is 17.6. The van der Waals surface area contributed by atoms with E-state index in [0.29, 0.717) is 5.92 Å². The number of piperidine rings is 1. The Hall–Kier alpha value is -2.39. The van der Waals surface area contributed by atoms with Crippen LogP contribution in [0.25, 0.3) is 0 Å². The highest BCUT2D eigenvalue weighted by Crippen LogP contribution is 2.30. The molecule has 3 heteroatoms. The number of benzene rings is 2. The Balaban J connectivity index is 1.33. The minimum Gasteiger partial charge on any atom is -0.364 e. The topological polar surface area (TPSA) is 29.3 Å². The van der Waals surface area contributed by atoms with Crippen LogP contribution in [0.5, 0.6) is 0 Å². The second kappa shape index (κ2) is 8.33. The molecule has 0 amide bonds. The Morgan fingerprint density at radius 3 is 2.19 bits per heavy atom. The van der Waals surface area contributed by atoms with E-state index in [0.717, 1.165) is 45.3 Å². The van der Waals surface area contributed by atoms with Gasteiger partial charge in [-0.2, -0.15) is 0 Å². The van der Waals surface area contributed by atoms with Gasteiger partial charge in [0, 0.05) is 18.0 Å². The third-order valence-corrected chi connectivity index (χ3v) is 5.42. The van der Waals surface area contributed by atoms with Gasteiger partial charge in [0.05, 0.1) is 5.69 Å². The van der Waals surface area contributed by atoms with Gasteiger partial charge in [-0.1, -0.05) is 65.8 Å². The molecule has 2 heterocycles. The molecule has 3 nitrogen and oxygen atoms in total. The number of hydrogen-bond acceptors (Lipinski definition) is 3. The molecule has 134 valence electrons. The summed E-state index contributed by atoms with van der Waals surface area (Å²) in [5, 5.41) is 4.37. The molecule has 4 rings (SSSR count). The van der Waals surface area contributed by atoms with Crippen LogP contribution >= 0.6 is 0 Å². The molecule has 1 aliphatic heterocycles. The molecule has 0 atom stereocenters. The third-order valence-electron chi connectivity index (χ3n) is 5.42. The zero-order valence-corrected chi connectivity index (χ0v) is 15.2. The smallest absolute Gasteiger partial charge is 0.127 e. The Labute approximate surface area is 155 Å². The van der Waals surface area contributed by atoms with Crippen molar-refractivity contribution in [3.05, 3.63) is 89.3 Å². The Morgan fingerprint density at radius 1 is 0.846 bits per heavy atom. The molecule has 0 bridgehead atoms. The maximum atomic E-state index is 5.35. The second-order valence-corrected chi connectivity index (χ2v) is 7.25. The van der Waals surface area contributed by atoms with Crippen LogP contribution in [-0.2, 0) is 19.4 Å². The summed E-state index contributed by atoms with van der Waals surface area (Å²) in [6.45, 7) is 3.31. The van der Waals surface area contributed by atoms with Gasteiger partial charge in [-0.3, -0.25) is 4.90 Å². The highest BCUT2D eigenvalue weighted by Gasteiger charge is 2.25. The summed E-state index contributed by atoms with van der Waals surface area (Å²) in [7, 11) is 0. The van der Waals surface area contributed by atoms with Crippen molar-refractivity contribution in [2.45, 2.75) is 38.1 Å². The van der Waals surface area contributed by atoms with Crippen LogP contribution < -0.4 is 0 Å². The summed E-state index contributed by atoms with van der Waals surface area (Å²) in [5.74, 6) is 0.534. The minimum absolute atomic E-state index is 0.534. The van der Waals surface area contributed by atoms with Gasteiger partial charge in [0.25, 0.3) is 0 Å². The first-order valence-electron chi connectivity index (χ1n) is 9.62. The number of aromatic nitrogens is 1. The van der Waals surface area contributed by atoms with Gasteiger partial charge in [-0.25, -0.2) is 0 Å². The van der Waals surface area contributed by atoms with Crippen LogP contribution in [-0.4, -0.2) is 23.1 Å². The van der Waals surface area contributed by atoms with E-state index in [9.17, 15) is 0 Å². The Bertz CT molecular complexity index is 789. The highest BCUT2D eigenvalue weighted by atomic mass is 16.5. The molecule has 0 unspecified atom stereocenters. The van der Waals surface area contributed by atoms with Gasteiger partial charge in [0.1, 0.15) is 6.26 Å². The van der Waals surface area contributed by atoms with Crippen molar-refractivity contribution in [2.75, 3.05) is 13.1 Å². The summed E-state index contributed by atoms with van der Waals surface area (Å²) in [6, 6.07) is 21.4. The summed E-state index contributed by atoms with van der Waals surface area (Å²) in [6.07, 6.45) is 6.24. The second-order valence-electron chi connectivity index (χ2n) is 7.25. The lowest BCUT2D eigenvalue weighted by Crippen LogP contribution is -2.32.